The molecule has 1 aliphatic heterocycles. The summed E-state index contributed by atoms with van der Waals surface area (Å²) in [5.74, 6) is 0.957. The standard InChI is InChI=1S/C13H15N3O/c1-2-4-12(5-3-1)17-13-8-16(9-13)7-11-6-14-10-15-11/h1-6,10,13H,7-9H2,(H,14,15). The van der Waals surface area contributed by atoms with E-state index in [1.807, 2.05) is 36.5 Å². The van der Waals surface area contributed by atoms with Gasteiger partial charge in [0.25, 0.3) is 0 Å². The van der Waals surface area contributed by atoms with Crippen molar-refractivity contribution >= 4 is 0 Å². The maximum absolute atomic E-state index is 5.83. The molecule has 2 aromatic rings. The Kier molecular flexibility index (Phi) is 2.80. The largest absolute Gasteiger partial charge is 0.488 e. The van der Waals surface area contributed by atoms with Crippen LogP contribution in [0.2, 0.25) is 0 Å². The topological polar surface area (TPSA) is 41.1 Å². The van der Waals surface area contributed by atoms with Gasteiger partial charge in [-0.2, -0.15) is 0 Å². The van der Waals surface area contributed by atoms with Gasteiger partial charge >= 0.3 is 0 Å². The van der Waals surface area contributed by atoms with Crippen molar-refractivity contribution in [1.82, 2.24) is 14.9 Å². The Hall–Kier alpha value is -1.81. The molecule has 3 rings (SSSR count). The quantitative estimate of drug-likeness (QED) is 0.867. The van der Waals surface area contributed by atoms with Crippen LogP contribution in [0.1, 0.15) is 5.69 Å². The molecule has 1 fully saturated rings. The van der Waals surface area contributed by atoms with E-state index in [1.54, 1.807) is 6.33 Å². The summed E-state index contributed by atoms with van der Waals surface area (Å²) in [5.41, 5.74) is 1.16. The molecule has 1 aliphatic rings. The molecule has 0 spiro atoms. The third-order valence-corrected chi connectivity index (χ3v) is 2.92. The van der Waals surface area contributed by atoms with Crippen molar-refractivity contribution in [2.45, 2.75) is 12.6 Å². The number of rotatable bonds is 4. The molecule has 0 saturated carbocycles. The summed E-state index contributed by atoms with van der Waals surface area (Å²) in [6, 6.07) is 9.99. The van der Waals surface area contributed by atoms with Gasteiger partial charge in [0.1, 0.15) is 11.9 Å². The molecule has 17 heavy (non-hydrogen) atoms. The van der Waals surface area contributed by atoms with E-state index in [2.05, 4.69) is 14.9 Å². The normalized spacial score (nSPS) is 16.7. The summed E-state index contributed by atoms with van der Waals surface area (Å²) in [6.07, 6.45) is 3.90. The fourth-order valence-electron chi connectivity index (χ4n) is 2.03. The Bertz CT molecular complexity index is 449. The van der Waals surface area contributed by atoms with Crippen molar-refractivity contribution in [2.75, 3.05) is 13.1 Å². The highest BCUT2D eigenvalue weighted by Crippen LogP contribution is 2.18. The molecule has 4 nitrogen and oxygen atoms in total. The fraction of sp³-hybridized carbons (Fsp3) is 0.308. The molecule has 1 aromatic carbocycles. The van der Waals surface area contributed by atoms with Gasteiger partial charge in [-0.25, -0.2) is 4.98 Å². The maximum Gasteiger partial charge on any atom is 0.124 e. The summed E-state index contributed by atoms with van der Waals surface area (Å²) >= 11 is 0. The summed E-state index contributed by atoms with van der Waals surface area (Å²) in [4.78, 5) is 9.45. The van der Waals surface area contributed by atoms with E-state index in [0.29, 0.717) is 6.10 Å². The number of para-hydroxylation sites is 1. The molecule has 1 N–H and O–H groups in total. The van der Waals surface area contributed by atoms with Crippen LogP contribution < -0.4 is 4.74 Å². The van der Waals surface area contributed by atoms with Crippen LogP contribution in [0, 0.1) is 0 Å². The van der Waals surface area contributed by atoms with Gasteiger partial charge < -0.3 is 9.72 Å². The van der Waals surface area contributed by atoms with Gasteiger partial charge in [-0.05, 0) is 12.1 Å². The predicted octanol–water partition coefficient (Wildman–Crippen LogP) is 1.67. The van der Waals surface area contributed by atoms with Crippen LogP contribution in [-0.4, -0.2) is 34.1 Å². The monoisotopic (exact) mass is 229 g/mol. The first kappa shape index (κ1) is 10.4. The molecule has 0 atom stereocenters. The molecule has 0 aliphatic carbocycles. The lowest BCUT2D eigenvalue weighted by Crippen LogP contribution is -2.53. The smallest absolute Gasteiger partial charge is 0.124 e. The molecular formula is C13H15N3O. The fourth-order valence-corrected chi connectivity index (χ4v) is 2.03. The lowest BCUT2D eigenvalue weighted by molar-refractivity contribution is 0.0139. The Morgan fingerprint density at radius 1 is 1.29 bits per heavy atom. The molecule has 2 heterocycles. The van der Waals surface area contributed by atoms with Gasteiger partial charge in [-0.15, -0.1) is 0 Å². The van der Waals surface area contributed by atoms with Crippen LogP contribution in [0.25, 0.3) is 0 Å². The second kappa shape index (κ2) is 4.59. The minimum Gasteiger partial charge on any atom is -0.488 e. The van der Waals surface area contributed by atoms with E-state index >= 15 is 0 Å². The molecule has 0 unspecified atom stereocenters. The molecular weight excluding hydrogens is 214 g/mol. The highest BCUT2D eigenvalue weighted by atomic mass is 16.5. The van der Waals surface area contributed by atoms with Crippen molar-refractivity contribution in [3.8, 4) is 5.75 Å². The lowest BCUT2D eigenvalue weighted by atomic mass is 10.1. The predicted molar refractivity (Wildman–Crippen MR) is 64.7 cm³/mol. The number of hydrogen-bond donors (Lipinski definition) is 1. The minimum absolute atomic E-state index is 0.320. The summed E-state index contributed by atoms with van der Waals surface area (Å²) in [7, 11) is 0. The zero-order chi connectivity index (χ0) is 11.5. The highest BCUT2D eigenvalue weighted by molar-refractivity contribution is 5.21. The Morgan fingerprint density at radius 3 is 2.82 bits per heavy atom. The third-order valence-electron chi connectivity index (χ3n) is 2.92. The zero-order valence-corrected chi connectivity index (χ0v) is 9.54. The van der Waals surface area contributed by atoms with Gasteiger partial charge in [-0.3, -0.25) is 4.90 Å². The van der Waals surface area contributed by atoms with Gasteiger partial charge in [0, 0.05) is 31.5 Å². The summed E-state index contributed by atoms with van der Waals surface area (Å²) in [6.45, 7) is 2.89. The zero-order valence-electron chi connectivity index (χ0n) is 9.54. The minimum atomic E-state index is 0.320. The van der Waals surface area contributed by atoms with E-state index in [0.717, 1.165) is 31.1 Å². The van der Waals surface area contributed by atoms with E-state index in [1.165, 1.54) is 0 Å². The number of hydrogen-bond acceptors (Lipinski definition) is 3. The first-order valence-corrected chi connectivity index (χ1v) is 5.81. The molecule has 0 amide bonds. The Balaban J connectivity index is 1.46. The van der Waals surface area contributed by atoms with Crippen LogP contribution >= 0.6 is 0 Å². The number of imidazole rings is 1. The van der Waals surface area contributed by atoms with Crippen LogP contribution in [0.3, 0.4) is 0 Å². The summed E-state index contributed by atoms with van der Waals surface area (Å²) < 4.78 is 5.83. The van der Waals surface area contributed by atoms with Crippen molar-refractivity contribution in [2.24, 2.45) is 0 Å². The van der Waals surface area contributed by atoms with Crippen LogP contribution in [0.5, 0.6) is 5.75 Å². The molecule has 1 saturated heterocycles. The highest BCUT2D eigenvalue weighted by Gasteiger charge is 2.28. The number of ether oxygens (including phenoxy) is 1. The van der Waals surface area contributed by atoms with Crippen LogP contribution in [0.15, 0.2) is 42.9 Å². The number of aromatic nitrogens is 2. The van der Waals surface area contributed by atoms with Crippen LogP contribution in [0.4, 0.5) is 0 Å². The third kappa shape index (κ3) is 2.47. The number of H-pyrrole nitrogens is 1. The first-order valence-electron chi connectivity index (χ1n) is 5.81. The summed E-state index contributed by atoms with van der Waals surface area (Å²) in [5, 5.41) is 0. The Labute approximate surface area is 100 Å². The van der Waals surface area contributed by atoms with Crippen molar-refractivity contribution < 1.29 is 4.74 Å². The van der Waals surface area contributed by atoms with Crippen molar-refractivity contribution in [1.29, 1.82) is 0 Å². The molecule has 0 radical (unpaired) electrons. The number of likely N-dealkylation sites (tertiary alicyclic amines) is 1. The number of nitrogens with zero attached hydrogens (tertiary/aromatic N) is 2. The first-order chi connectivity index (χ1) is 8.40. The average molecular weight is 229 g/mol. The second-order valence-electron chi connectivity index (χ2n) is 4.32. The van der Waals surface area contributed by atoms with E-state index < -0.39 is 0 Å². The second-order valence-corrected chi connectivity index (χ2v) is 4.32. The SMILES string of the molecule is c1ccc(OC2CN(Cc3cnc[nH]3)C2)cc1. The molecule has 88 valence electrons. The van der Waals surface area contributed by atoms with E-state index in [4.69, 9.17) is 4.74 Å². The van der Waals surface area contributed by atoms with E-state index in [-0.39, 0.29) is 0 Å². The molecule has 0 bridgehead atoms. The van der Waals surface area contributed by atoms with Crippen LogP contribution in [-0.2, 0) is 6.54 Å². The maximum atomic E-state index is 5.83. The number of nitrogens with one attached hydrogen (secondary N) is 1. The van der Waals surface area contributed by atoms with E-state index in [9.17, 15) is 0 Å². The molecule has 4 heteroatoms. The molecule has 1 aromatic heterocycles. The van der Waals surface area contributed by atoms with Gasteiger partial charge in [-0.1, -0.05) is 18.2 Å². The van der Waals surface area contributed by atoms with Gasteiger partial charge in [0.2, 0.25) is 0 Å². The van der Waals surface area contributed by atoms with Gasteiger partial charge in [0.15, 0.2) is 0 Å². The van der Waals surface area contributed by atoms with Crippen molar-refractivity contribution in [3.05, 3.63) is 48.5 Å². The van der Waals surface area contributed by atoms with Crippen molar-refractivity contribution in [3.63, 3.8) is 0 Å². The van der Waals surface area contributed by atoms with Gasteiger partial charge in [0.05, 0.1) is 6.33 Å². The number of benzene rings is 1. The average Bonchev–Trinajstić information content (AvgIpc) is 2.80. The lowest BCUT2D eigenvalue weighted by Gasteiger charge is -2.38. The number of aromatic amines is 1. The Morgan fingerprint density at radius 2 is 2.12 bits per heavy atom.